The van der Waals surface area contributed by atoms with Gasteiger partial charge in [0.15, 0.2) is 11.9 Å². The third-order valence-corrected chi connectivity index (χ3v) is 5.57. The number of anilines is 1. The van der Waals surface area contributed by atoms with E-state index in [2.05, 4.69) is 10.3 Å². The number of aryl methyl sites for hydroxylation is 1. The van der Waals surface area contributed by atoms with Gasteiger partial charge < -0.3 is 10.1 Å². The molecule has 0 fully saturated rings. The number of rotatable bonds is 6. The standard InChI is InChI=1S/C21H19ClN2O3S/c1-12-19(13(2)25)28-21(23-12)15-4-10-18(11-5-15)27-14(3)20(26)24-17-8-6-16(22)7-9-17/h4-11,14H,1-3H3,(H,24,26)/t14-/m1/s1. The monoisotopic (exact) mass is 414 g/mol. The highest BCUT2D eigenvalue weighted by molar-refractivity contribution is 7.17. The lowest BCUT2D eigenvalue weighted by atomic mass is 10.2. The number of aromatic nitrogens is 1. The molecule has 3 aromatic rings. The van der Waals surface area contributed by atoms with Crippen molar-refractivity contribution < 1.29 is 14.3 Å². The van der Waals surface area contributed by atoms with E-state index in [1.807, 2.05) is 19.1 Å². The zero-order chi connectivity index (χ0) is 20.3. The molecule has 1 heterocycles. The summed E-state index contributed by atoms with van der Waals surface area (Å²) in [5, 5.41) is 4.17. The minimum atomic E-state index is -0.673. The maximum Gasteiger partial charge on any atom is 0.265 e. The summed E-state index contributed by atoms with van der Waals surface area (Å²) in [7, 11) is 0. The molecule has 0 aliphatic carbocycles. The molecular formula is C21H19ClN2O3S. The van der Waals surface area contributed by atoms with Crippen molar-refractivity contribution in [2.45, 2.75) is 26.9 Å². The molecule has 2 aromatic carbocycles. The van der Waals surface area contributed by atoms with E-state index in [0.29, 0.717) is 21.3 Å². The fourth-order valence-electron chi connectivity index (χ4n) is 2.56. The van der Waals surface area contributed by atoms with Gasteiger partial charge in [0, 0.05) is 23.2 Å². The van der Waals surface area contributed by atoms with Gasteiger partial charge >= 0.3 is 0 Å². The van der Waals surface area contributed by atoms with Crippen LogP contribution in [0.1, 0.15) is 29.2 Å². The third-order valence-electron chi connectivity index (χ3n) is 4.01. The van der Waals surface area contributed by atoms with E-state index >= 15 is 0 Å². The Bertz CT molecular complexity index is 997. The number of carbonyl (C=O) groups is 2. The molecule has 1 aromatic heterocycles. The van der Waals surface area contributed by atoms with Gasteiger partial charge in [-0.25, -0.2) is 4.98 Å². The second-order valence-corrected chi connectivity index (χ2v) is 7.71. The van der Waals surface area contributed by atoms with Crippen LogP contribution < -0.4 is 10.1 Å². The SMILES string of the molecule is CC(=O)c1sc(-c2ccc(O[C@H](C)C(=O)Nc3ccc(Cl)cc3)cc2)nc1C. The van der Waals surface area contributed by atoms with Crippen molar-refractivity contribution in [1.29, 1.82) is 0 Å². The summed E-state index contributed by atoms with van der Waals surface area (Å²) >= 11 is 7.22. The summed E-state index contributed by atoms with van der Waals surface area (Å²) in [5.41, 5.74) is 2.28. The highest BCUT2D eigenvalue weighted by Gasteiger charge is 2.16. The third kappa shape index (κ3) is 4.77. The largest absolute Gasteiger partial charge is 0.481 e. The first kappa shape index (κ1) is 20.0. The number of carbonyl (C=O) groups excluding carboxylic acids is 2. The summed E-state index contributed by atoms with van der Waals surface area (Å²) in [6, 6.07) is 14.2. The summed E-state index contributed by atoms with van der Waals surface area (Å²) in [4.78, 5) is 29.0. The van der Waals surface area contributed by atoms with Crippen LogP contribution in [-0.2, 0) is 4.79 Å². The molecule has 7 heteroatoms. The Kier molecular flexibility index (Phi) is 6.11. The first-order chi connectivity index (χ1) is 13.3. The minimum Gasteiger partial charge on any atom is -0.481 e. The van der Waals surface area contributed by atoms with Crippen LogP contribution in [0.15, 0.2) is 48.5 Å². The Balaban J connectivity index is 1.64. The van der Waals surface area contributed by atoms with Crippen LogP contribution in [0.2, 0.25) is 5.02 Å². The zero-order valence-electron chi connectivity index (χ0n) is 15.7. The number of thiazole rings is 1. The predicted molar refractivity (Wildman–Crippen MR) is 112 cm³/mol. The number of hydrogen-bond acceptors (Lipinski definition) is 5. The molecule has 1 amide bonds. The van der Waals surface area contributed by atoms with Gasteiger partial charge in [-0.15, -0.1) is 11.3 Å². The molecule has 0 bridgehead atoms. The van der Waals surface area contributed by atoms with Crippen molar-refractivity contribution >= 4 is 40.3 Å². The Hall–Kier alpha value is -2.70. The van der Waals surface area contributed by atoms with E-state index in [1.165, 1.54) is 18.3 Å². The van der Waals surface area contributed by atoms with E-state index in [4.69, 9.17) is 16.3 Å². The first-order valence-electron chi connectivity index (χ1n) is 8.65. The lowest BCUT2D eigenvalue weighted by Crippen LogP contribution is -2.30. The van der Waals surface area contributed by atoms with Crippen molar-refractivity contribution in [3.8, 4) is 16.3 Å². The van der Waals surface area contributed by atoms with Crippen LogP contribution in [0.5, 0.6) is 5.75 Å². The van der Waals surface area contributed by atoms with E-state index in [1.54, 1.807) is 43.3 Å². The van der Waals surface area contributed by atoms with Gasteiger partial charge in [0.2, 0.25) is 0 Å². The van der Waals surface area contributed by atoms with Gasteiger partial charge in [0.05, 0.1) is 10.6 Å². The highest BCUT2D eigenvalue weighted by atomic mass is 35.5. The van der Waals surface area contributed by atoms with E-state index in [0.717, 1.165) is 16.3 Å². The molecule has 0 saturated heterocycles. The second kappa shape index (κ2) is 8.54. The Morgan fingerprint density at radius 2 is 1.75 bits per heavy atom. The average Bonchev–Trinajstić information content (AvgIpc) is 3.06. The van der Waals surface area contributed by atoms with Crippen molar-refractivity contribution in [1.82, 2.24) is 4.98 Å². The average molecular weight is 415 g/mol. The smallest absolute Gasteiger partial charge is 0.265 e. The van der Waals surface area contributed by atoms with Crippen LogP contribution in [-0.4, -0.2) is 22.8 Å². The van der Waals surface area contributed by atoms with Crippen LogP contribution >= 0.6 is 22.9 Å². The fourth-order valence-corrected chi connectivity index (χ4v) is 3.65. The molecule has 1 atom stereocenters. The molecule has 0 aliphatic heterocycles. The molecule has 28 heavy (non-hydrogen) atoms. The molecular weight excluding hydrogens is 396 g/mol. The van der Waals surface area contributed by atoms with Gasteiger partial charge in [0.25, 0.3) is 5.91 Å². The number of nitrogens with zero attached hydrogens (tertiary/aromatic N) is 1. The lowest BCUT2D eigenvalue weighted by molar-refractivity contribution is -0.122. The van der Waals surface area contributed by atoms with Crippen molar-refractivity contribution in [2.75, 3.05) is 5.32 Å². The number of amides is 1. The van der Waals surface area contributed by atoms with Crippen molar-refractivity contribution in [3.05, 3.63) is 64.1 Å². The van der Waals surface area contributed by atoms with Gasteiger partial charge in [-0.1, -0.05) is 11.6 Å². The van der Waals surface area contributed by atoms with Crippen molar-refractivity contribution in [2.24, 2.45) is 0 Å². The number of halogens is 1. The second-order valence-electron chi connectivity index (χ2n) is 6.27. The summed E-state index contributed by atoms with van der Waals surface area (Å²) in [6.45, 7) is 5.05. The van der Waals surface area contributed by atoms with Crippen molar-refractivity contribution in [3.63, 3.8) is 0 Å². The van der Waals surface area contributed by atoms with E-state index in [9.17, 15) is 9.59 Å². The summed E-state index contributed by atoms with van der Waals surface area (Å²) in [6.07, 6.45) is -0.673. The molecule has 0 unspecified atom stereocenters. The van der Waals surface area contributed by atoms with E-state index in [-0.39, 0.29) is 11.7 Å². The first-order valence-corrected chi connectivity index (χ1v) is 9.85. The maximum absolute atomic E-state index is 12.3. The van der Waals surface area contributed by atoms with Crippen LogP contribution in [0, 0.1) is 6.92 Å². The number of benzene rings is 2. The lowest BCUT2D eigenvalue weighted by Gasteiger charge is -2.15. The topological polar surface area (TPSA) is 68.3 Å². The van der Waals surface area contributed by atoms with Gasteiger partial charge in [-0.3, -0.25) is 9.59 Å². The number of ether oxygens (including phenoxy) is 1. The quantitative estimate of drug-likeness (QED) is 0.550. The number of Topliss-reactive ketones (excluding diaryl/α,β-unsaturated/α-hetero) is 1. The van der Waals surface area contributed by atoms with Crippen LogP contribution in [0.25, 0.3) is 10.6 Å². The predicted octanol–water partition coefficient (Wildman–Crippen LogP) is 5.38. The molecule has 0 spiro atoms. The molecule has 0 radical (unpaired) electrons. The van der Waals surface area contributed by atoms with Crippen LogP contribution in [0.3, 0.4) is 0 Å². The van der Waals surface area contributed by atoms with Gasteiger partial charge in [-0.05, 0) is 62.4 Å². The Labute approximate surface area is 172 Å². The highest BCUT2D eigenvalue weighted by Crippen LogP contribution is 2.29. The minimum absolute atomic E-state index is 0.0155. The molecule has 0 aliphatic rings. The van der Waals surface area contributed by atoms with Gasteiger partial charge in [0.1, 0.15) is 10.8 Å². The summed E-state index contributed by atoms with van der Waals surface area (Å²) in [5.74, 6) is 0.331. The number of hydrogen-bond donors (Lipinski definition) is 1. The Morgan fingerprint density at radius 1 is 1.11 bits per heavy atom. The molecule has 144 valence electrons. The van der Waals surface area contributed by atoms with Gasteiger partial charge in [-0.2, -0.15) is 0 Å². The number of ketones is 1. The number of nitrogens with one attached hydrogen (secondary N) is 1. The molecule has 3 rings (SSSR count). The fraction of sp³-hybridized carbons (Fsp3) is 0.190. The molecule has 0 saturated carbocycles. The summed E-state index contributed by atoms with van der Waals surface area (Å²) < 4.78 is 5.72. The molecule has 5 nitrogen and oxygen atoms in total. The van der Waals surface area contributed by atoms with Crippen LogP contribution in [0.4, 0.5) is 5.69 Å². The maximum atomic E-state index is 12.3. The normalized spacial score (nSPS) is 11.7. The Morgan fingerprint density at radius 3 is 2.32 bits per heavy atom. The zero-order valence-corrected chi connectivity index (χ0v) is 17.2. The molecule has 1 N–H and O–H groups in total. The van der Waals surface area contributed by atoms with E-state index < -0.39 is 6.10 Å².